The quantitative estimate of drug-likeness (QED) is 0.757. The minimum absolute atomic E-state index is 0.107. The molecular formula is C18H23F3N2O2. The van der Waals surface area contributed by atoms with E-state index >= 15 is 0 Å². The fourth-order valence-corrected chi connectivity index (χ4v) is 2.83. The molecule has 0 radical (unpaired) electrons. The number of unbranched alkanes of at least 4 members (excludes halogenated alkanes) is 2. The van der Waals surface area contributed by atoms with Crippen molar-refractivity contribution < 1.29 is 22.8 Å². The SMILES string of the molecule is CCCCCC(=O)N1CCN(C(=O)c2ccc(C(F)(F)F)cc2)CC1. The monoisotopic (exact) mass is 356 g/mol. The average Bonchev–Trinajstić information content (AvgIpc) is 2.61. The summed E-state index contributed by atoms with van der Waals surface area (Å²) in [6, 6.07) is 4.24. The Hall–Kier alpha value is -2.05. The zero-order valence-electron chi connectivity index (χ0n) is 14.3. The Morgan fingerprint density at radius 2 is 1.52 bits per heavy atom. The lowest BCUT2D eigenvalue weighted by Gasteiger charge is -2.35. The Labute approximate surface area is 145 Å². The molecule has 4 nitrogen and oxygen atoms in total. The van der Waals surface area contributed by atoms with Crippen molar-refractivity contribution in [1.29, 1.82) is 0 Å². The van der Waals surface area contributed by atoms with Gasteiger partial charge in [-0.2, -0.15) is 13.2 Å². The number of rotatable bonds is 5. The van der Waals surface area contributed by atoms with Gasteiger partial charge in [-0.1, -0.05) is 19.8 Å². The molecule has 0 aliphatic carbocycles. The van der Waals surface area contributed by atoms with Crippen molar-refractivity contribution >= 4 is 11.8 Å². The lowest BCUT2D eigenvalue weighted by Crippen LogP contribution is -2.50. The minimum atomic E-state index is -4.41. The summed E-state index contributed by atoms with van der Waals surface area (Å²) in [6.07, 6.45) is -0.924. The van der Waals surface area contributed by atoms with Crippen LogP contribution in [0.1, 0.15) is 48.5 Å². The first kappa shape index (κ1) is 19.3. The van der Waals surface area contributed by atoms with Gasteiger partial charge in [0.25, 0.3) is 5.91 Å². The van der Waals surface area contributed by atoms with Crippen LogP contribution in [0.25, 0.3) is 0 Å². The van der Waals surface area contributed by atoms with Crippen molar-refractivity contribution in [2.45, 2.75) is 38.8 Å². The molecule has 0 unspecified atom stereocenters. The van der Waals surface area contributed by atoms with Gasteiger partial charge in [0.05, 0.1) is 5.56 Å². The van der Waals surface area contributed by atoms with Gasteiger partial charge in [0.1, 0.15) is 0 Å². The molecule has 0 N–H and O–H groups in total. The molecular weight excluding hydrogens is 333 g/mol. The van der Waals surface area contributed by atoms with Crippen molar-refractivity contribution in [3.05, 3.63) is 35.4 Å². The number of benzene rings is 1. The summed E-state index contributed by atoms with van der Waals surface area (Å²) in [4.78, 5) is 27.8. The van der Waals surface area contributed by atoms with Gasteiger partial charge in [0, 0.05) is 38.2 Å². The highest BCUT2D eigenvalue weighted by atomic mass is 19.4. The zero-order valence-corrected chi connectivity index (χ0v) is 14.3. The lowest BCUT2D eigenvalue weighted by molar-refractivity contribution is -0.137. The molecule has 1 saturated heterocycles. The van der Waals surface area contributed by atoms with Gasteiger partial charge in [0.2, 0.25) is 5.91 Å². The molecule has 1 aromatic rings. The first-order valence-corrected chi connectivity index (χ1v) is 8.57. The van der Waals surface area contributed by atoms with Crippen molar-refractivity contribution in [3.63, 3.8) is 0 Å². The summed E-state index contributed by atoms with van der Waals surface area (Å²) in [6.45, 7) is 3.82. The van der Waals surface area contributed by atoms with Crippen LogP contribution in [0, 0.1) is 0 Å². The second kappa shape index (κ2) is 8.36. The van der Waals surface area contributed by atoms with Crippen LogP contribution in [0.4, 0.5) is 13.2 Å². The third-order valence-corrected chi connectivity index (χ3v) is 4.37. The molecule has 1 aromatic carbocycles. The summed E-state index contributed by atoms with van der Waals surface area (Å²) in [5.74, 6) is -0.193. The number of hydrogen-bond acceptors (Lipinski definition) is 2. The standard InChI is InChI=1S/C18H23F3N2O2/c1-2-3-4-5-16(24)22-10-12-23(13-11-22)17(25)14-6-8-15(9-7-14)18(19,20)21/h6-9H,2-5,10-13H2,1H3. The topological polar surface area (TPSA) is 40.6 Å². The molecule has 1 fully saturated rings. The number of halogens is 3. The van der Waals surface area contributed by atoms with Gasteiger partial charge in [-0.3, -0.25) is 9.59 Å². The van der Waals surface area contributed by atoms with Crippen molar-refractivity contribution in [2.75, 3.05) is 26.2 Å². The van der Waals surface area contributed by atoms with E-state index in [4.69, 9.17) is 0 Å². The molecule has 1 aliphatic heterocycles. The van der Waals surface area contributed by atoms with Crippen LogP contribution in [0.5, 0.6) is 0 Å². The smallest absolute Gasteiger partial charge is 0.339 e. The minimum Gasteiger partial charge on any atom is -0.339 e. The number of piperazine rings is 1. The molecule has 1 aliphatic rings. The van der Waals surface area contributed by atoms with Gasteiger partial charge >= 0.3 is 6.18 Å². The van der Waals surface area contributed by atoms with E-state index < -0.39 is 11.7 Å². The first-order chi connectivity index (χ1) is 11.8. The number of carbonyl (C=O) groups is 2. The fourth-order valence-electron chi connectivity index (χ4n) is 2.83. The Balaban J connectivity index is 1.87. The molecule has 0 atom stereocenters. The largest absolute Gasteiger partial charge is 0.416 e. The van der Waals surface area contributed by atoms with Crippen LogP contribution in [0.2, 0.25) is 0 Å². The fraction of sp³-hybridized carbons (Fsp3) is 0.556. The summed E-state index contributed by atoms with van der Waals surface area (Å²) in [5, 5.41) is 0. The predicted molar refractivity (Wildman–Crippen MR) is 88.1 cm³/mol. The second-order valence-corrected chi connectivity index (χ2v) is 6.21. The van der Waals surface area contributed by atoms with E-state index in [0.717, 1.165) is 31.4 Å². The van der Waals surface area contributed by atoms with E-state index in [0.29, 0.717) is 32.6 Å². The van der Waals surface area contributed by atoms with Crippen molar-refractivity contribution in [3.8, 4) is 0 Å². The third-order valence-electron chi connectivity index (χ3n) is 4.37. The molecule has 0 saturated carbocycles. The molecule has 7 heteroatoms. The van der Waals surface area contributed by atoms with Crippen LogP contribution in [-0.4, -0.2) is 47.8 Å². The van der Waals surface area contributed by atoms with Crippen molar-refractivity contribution in [2.24, 2.45) is 0 Å². The lowest BCUT2D eigenvalue weighted by atomic mass is 10.1. The van der Waals surface area contributed by atoms with E-state index in [1.807, 2.05) is 0 Å². The van der Waals surface area contributed by atoms with Crippen molar-refractivity contribution in [1.82, 2.24) is 9.80 Å². The average molecular weight is 356 g/mol. The van der Waals surface area contributed by atoms with Gasteiger partial charge < -0.3 is 9.80 Å². The summed E-state index contributed by atoms with van der Waals surface area (Å²) in [7, 11) is 0. The number of amides is 2. The third kappa shape index (κ3) is 5.21. The molecule has 2 rings (SSSR count). The predicted octanol–water partition coefficient (Wildman–Crippen LogP) is 3.57. The van der Waals surface area contributed by atoms with E-state index in [-0.39, 0.29) is 17.4 Å². The maximum Gasteiger partial charge on any atom is 0.416 e. The Morgan fingerprint density at radius 3 is 2.04 bits per heavy atom. The molecule has 0 bridgehead atoms. The van der Waals surface area contributed by atoms with Gasteiger partial charge in [-0.15, -0.1) is 0 Å². The Bertz CT molecular complexity index is 591. The Morgan fingerprint density at radius 1 is 0.960 bits per heavy atom. The zero-order chi connectivity index (χ0) is 18.4. The maximum atomic E-state index is 12.6. The molecule has 25 heavy (non-hydrogen) atoms. The number of hydrogen-bond donors (Lipinski definition) is 0. The molecule has 0 spiro atoms. The highest BCUT2D eigenvalue weighted by Gasteiger charge is 2.31. The van der Waals surface area contributed by atoms with E-state index in [9.17, 15) is 22.8 Å². The molecule has 0 aromatic heterocycles. The van der Waals surface area contributed by atoms with Gasteiger partial charge in [0.15, 0.2) is 0 Å². The molecule has 1 heterocycles. The van der Waals surface area contributed by atoms with E-state index in [2.05, 4.69) is 6.92 Å². The summed E-state index contributed by atoms with van der Waals surface area (Å²) in [5.41, 5.74) is -0.540. The maximum absolute atomic E-state index is 12.6. The van der Waals surface area contributed by atoms with Crippen LogP contribution in [0.15, 0.2) is 24.3 Å². The van der Waals surface area contributed by atoms with Gasteiger partial charge in [-0.05, 0) is 30.7 Å². The molecule has 2 amide bonds. The van der Waals surface area contributed by atoms with E-state index in [1.54, 1.807) is 9.80 Å². The van der Waals surface area contributed by atoms with Crippen LogP contribution < -0.4 is 0 Å². The first-order valence-electron chi connectivity index (χ1n) is 8.57. The van der Waals surface area contributed by atoms with Crippen LogP contribution >= 0.6 is 0 Å². The second-order valence-electron chi connectivity index (χ2n) is 6.21. The summed E-state index contributed by atoms with van der Waals surface area (Å²) >= 11 is 0. The number of carbonyl (C=O) groups excluding carboxylic acids is 2. The highest BCUT2D eigenvalue weighted by molar-refractivity contribution is 5.94. The number of nitrogens with zero attached hydrogens (tertiary/aromatic N) is 2. The van der Waals surface area contributed by atoms with Gasteiger partial charge in [-0.25, -0.2) is 0 Å². The number of alkyl halides is 3. The van der Waals surface area contributed by atoms with Crippen LogP contribution in [-0.2, 0) is 11.0 Å². The van der Waals surface area contributed by atoms with Crippen LogP contribution in [0.3, 0.4) is 0 Å². The Kier molecular flexibility index (Phi) is 6.45. The summed E-state index contributed by atoms with van der Waals surface area (Å²) < 4.78 is 37.7. The highest BCUT2D eigenvalue weighted by Crippen LogP contribution is 2.29. The normalized spacial score (nSPS) is 15.4. The van der Waals surface area contributed by atoms with E-state index in [1.165, 1.54) is 12.1 Å². The molecule has 138 valence electrons.